The molecule has 0 saturated carbocycles. The summed E-state index contributed by atoms with van der Waals surface area (Å²) in [4.78, 5) is 12.5. The third-order valence-electron chi connectivity index (χ3n) is 3.87. The zero-order valence-electron chi connectivity index (χ0n) is 13.2. The number of pyridine rings is 1. The molecule has 1 unspecified atom stereocenters. The van der Waals surface area contributed by atoms with Crippen LogP contribution in [0.4, 0.5) is 24.5 Å². The summed E-state index contributed by atoms with van der Waals surface area (Å²) in [6.45, 7) is 0. The zero-order valence-corrected chi connectivity index (χ0v) is 13.2. The molecular weight excluding hydrogens is 345 g/mol. The van der Waals surface area contributed by atoms with Gasteiger partial charge >= 0.3 is 6.18 Å². The lowest BCUT2D eigenvalue weighted by Crippen LogP contribution is -2.44. The second-order valence-electron chi connectivity index (χ2n) is 5.57. The van der Waals surface area contributed by atoms with E-state index in [-0.39, 0.29) is 16.2 Å². The first-order valence-electron chi connectivity index (χ1n) is 7.61. The summed E-state index contributed by atoms with van der Waals surface area (Å²) < 4.78 is 38.6. The van der Waals surface area contributed by atoms with Gasteiger partial charge in [0, 0.05) is 18.0 Å². The Morgan fingerprint density at radius 2 is 1.96 bits per heavy atom. The molecule has 0 bridgehead atoms. The van der Waals surface area contributed by atoms with Gasteiger partial charge in [0.15, 0.2) is 11.9 Å². The fourth-order valence-electron chi connectivity index (χ4n) is 2.67. The monoisotopic (exact) mass is 357 g/mol. The number of aliphatic imine (C=N–C) groups is 2. The molecule has 6 nitrogen and oxygen atoms in total. The molecule has 0 aliphatic carbocycles. The first-order valence-corrected chi connectivity index (χ1v) is 7.61. The van der Waals surface area contributed by atoms with Gasteiger partial charge in [-0.1, -0.05) is 10.7 Å². The van der Waals surface area contributed by atoms with Gasteiger partial charge < -0.3 is 5.32 Å². The first kappa shape index (κ1) is 16.2. The molecule has 1 aromatic heterocycles. The molecular formula is C17H12F3N6+. The fourth-order valence-corrected chi connectivity index (χ4v) is 2.67. The highest BCUT2D eigenvalue weighted by atomic mass is 19.4. The molecule has 2 aromatic rings. The van der Waals surface area contributed by atoms with Crippen molar-refractivity contribution in [3.05, 3.63) is 66.8 Å². The van der Waals surface area contributed by atoms with Crippen molar-refractivity contribution in [2.45, 2.75) is 6.18 Å². The molecule has 0 spiro atoms. The van der Waals surface area contributed by atoms with E-state index in [2.05, 4.69) is 25.4 Å². The molecule has 0 amide bonds. The number of nitrogens with one attached hydrogen (secondary N) is 1. The van der Waals surface area contributed by atoms with Crippen LogP contribution in [0.3, 0.4) is 0 Å². The van der Waals surface area contributed by atoms with Crippen LogP contribution >= 0.6 is 0 Å². The average Bonchev–Trinajstić information content (AvgIpc) is 3.01. The summed E-state index contributed by atoms with van der Waals surface area (Å²) in [6, 6.07) is 8.48. The van der Waals surface area contributed by atoms with Gasteiger partial charge in [0.05, 0.1) is 18.0 Å². The lowest BCUT2D eigenvalue weighted by molar-refractivity contribution is -0.137. The molecule has 130 valence electrons. The Bertz CT molecular complexity index is 962. The van der Waals surface area contributed by atoms with E-state index in [0.29, 0.717) is 5.84 Å². The molecule has 1 atom stereocenters. The minimum atomic E-state index is -4.42. The van der Waals surface area contributed by atoms with Gasteiger partial charge in [0.25, 0.3) is 11.8 Å². The van der Waals surface area contributed by atoms with Gasteiger partial charge in [0.1, 0.15) is 6.21 Å². The third kappa shape index (κ3) is 2.78. The van der Waals surface area contributed by atoms with E-state index in [4.69, 9.17) is 0 Å². The number of halogens is 3. The summed E-state index contributed by atoms with van der Waals surface area (Å²) in [5, 5.41) is 7.37. The van der Waals surface area contributed by atoms with E-state index in [1.54, 1.807) is 37.1 Å². The highest BCUT2D eigenvalue weighted by Gasteiger charge is 2.43. The van der Waals surface area contributed by atoms with Crippen molar-refractivity contribution in [2.24, 2.45) is 15.1 Å². The number of hydrogen-bond acceptors (Lipinski definition) is 5. The average molecular weight is 357 g/mol. The number of guanidine groups is 1. The Morgan fingerprint density at radius 3 is 2.73 bits per heavy atom. The predicted molar refractivity (Wildman–Crippen MR) is 93.6 cm³/mol. The Morgan fingerprint density at radius 1 is 1.08 bits per heavy atom. The molecule has 2 aliphatic heterocycles. The highest BCUT2D eigenvalue weighted by Crippen LogP contribution is 2.32. The number of alkyl halides is 3. The lowest BCUT2D eigenvalue weighted by Gasteiger charge is -2.23. The van der Waals surface area contributed by atoms with Crippen LogP contribution in [0.5, 0.6) is 0 Å². The number of amidine groups is 1. The van der Waals surface area contributed by atoms with Crippen LogP contribution in [-0.2, 0) is 6.18 Å². The molecule has 2 aliphatic rings. The number of rotatable bonds is 2. The van der Waals surface area contributed by atoms with Crippen LogP contribution in [0.25, 0.3) is 0 Å². The van der Waals surface area contributed by atoms with Gasteiger partial charge in [-0.3, -0.25) is 9.98 Å². The molecule has 9 heteroatoms. The predicted octanol–water partition coefficient (Wildman–Crippen LogP) is 3.76. The first-order chi connectivity index (χ1) is 12.5. The SMILES string of the molecule is FC(F)(F)c1cccc(NC2=N[N+]3(c4cccnc4)C=CN=CC3=N2)c1. The summed E-state index contributed by atoms with van der Waals surface area (Å²) in [5.41, 5.74) is 0.228. The van der Waals surface area contributed by atoms with Crippen LogP contribution < -0.4 is 9.91 Å². The van der Waals surface area contributed by atoms with E-state index in [1.807, 2.05) is 6.07 Å². The Balaban J connectivity index is 1.70. The number of anilines is 1. The van der Waals surface area contributed by atoms with E-state index in [0.717, 1.165) is 17.8 Å². The van der Waals surface area contributed by atoms with Gasteiger partial charge in [-0.2, -0.15) is 18.2 Å². The van der Waals surface area contributed by atoms with Crippen molar-refractivity contribution in [3.63, 3.8) is 0 Å². The largest absolute Gasteiger partial charge is 0.416 e. The fraction of sp³-hybridized carbons (Fsp3) is 0.0588. The molecule has 1 aromatic carbocycles. The standard InChI is InChI=1S/C17H12F3N6/c18-17(19,20)12-3-1-4-13(9-12)23-16-24-15-11-22-7-8-26(15,25-16)14-5-2-6-21-10-14/h1-11H,(H,23,25)/q+1. The molecule has 0 radical (unpaired) electrons. The summed E-state index contributed by atoms with van der Waals surface area (Å²) >= 11 is 0. The number of benzene rings is 1. The summed E-state index contributed by atoms with van der Waals surface area (Å²) in [7, 11) is 0. The molecule has 4 rings (SSSR count). The van der Waals surface area contributed by atoms with Crippen molar-refractivity contribution in [2.75, 3.05) is 5.32 Å². The van der Waals surface area contributed by atoms with Crippen LogP contribution in [-0.4, -0.2) is 23.0 Å². The zero-order chi connectivity index (χ0) is 18.2. The van der Waals surface area contributed by atoms with Crippen LogP contribution in [0.2, 0.25) is 0 Å². The molecule has 0 saturated heterocycles. The lowest BCUT2D eigenvalue weighted by atomic mass is 10.2. The van der Waals surface area contributed by atoms with E-state index >= 15 is 0 Å². The summed E-state index contributed by atoms with van der Waals surface area (Å²) in [5.74, 6) is 0.691. The van der Waals surface area contributed by atoms with Gasteiger partial charge in [-0.15, -0.1) is 0 Å². The molecule has 26 heavy (non-hydrogen) atoms. The normalized spacial score (nSPS) is 21.2. The topological polar surface area (TPSA) is 62.0 Å². The van der Waals surface area contributed by atoms with Gasteiger partial charge in [-0.25, -0.2) is 0 Å². The molecule has 1 N–H and O–H groups in total. The maximum absolute atomic E-state index is 12.9. The molecule has 3 heterocycles. The van der Waals surface area contributed by atoms with Crippen molar-refractivity contribution in [1.29, 1.82) is 0 Å². The Kier molecular flexibility index (Phi) is 3.66. The van der Waals surface area contributed by atoms with Gasteiger partial charge in [0.2, 0.25) is 0 Å². The number of aromatic nitrogens is 1. The van der Waals surface area contributed by atoms with Crippen LogP contribution in [0, 0.1) is 0 Å². The van der Waals surface area contributed by atoms with E-state index in [1.165, 1.54) is 12.1 Å². The van der Waals surface area contributed by atoms with Crippen LogP contribution in [0.15, 0.2) is 76.3 Å². The van der Waals surface area contributed by atoms with Crippen LogP contribution in [0.1, 0.15) is 5.56 Å². The molecule has 0 fully saturated rings. The number of quaternary nitrogens is 1. The minimum absolute atomic E-state index is 0.0847. The highest BCUT2D eigenvalue weighted by molar-refractivity contribution is 6.38. The third-order valence-corrected chi connectivity index (χ3v) is 3.87. The Labute approximate surface area is 146 Å². The van der Waals surface area contributed by atoms with Crippen molar-refractivity contribution in [1.82, 2.24) is 9.58 Å². The van der Waals surface area contributed by atoms with Gasteiger partial charge in [-0.05, 0) is 29.4 Å². The Hall–Kier alpha value is -3.33. The maximum Gasteiger partial charge on any atom is 0.416 e. The van der Waals surface area contributed by atoms with Crippen molar-refractivity contribution < 1.29 is 13.2 Å². The van der Waals surface area contributed by atoms with E-state index < -0.39 is 11.7 Å². The number of nitrogens with zero attached hydrogens (tertiary/aromatic N) is 5. The smallest absolute Gasteiger partial charge is 0.320 e. The second kappa shape index (κ2) is 5.88. The maximum atomic E-state index is 12.9. The number of hydrogen-bond donors (Lipinski definition) is 1. The van der Waals surface area contributed by atoms with E-state index in [9.17, 15) is 13.2 Å². The van der Waals surface area contributed by atoms with Crippen molar-refractivity contribution in [3.8, 4) is 0 Å². The second-order valence-corrected chi connectivity index (χ2v) is 5.57. The quantitative estimate of drug-likeness (QED) is 0.832. The summed E-state index contributed by atoms with van der Waals surface area (Å²) in [6.07, 6.45) is 3.73. The minimum Gasteiger partial charge on any atom is -0.320 e. The number of fused-ring (bicyclic) bond motifs is 1. The van der Waals surface area contributed by atoms with Crippen molar-refractivity contribution >= 4 is 29.4 Å².